The van der Waals surface area contributed by atoms with E-state index in [1.807, 2.05) is 29.0 Å². The number of thioether (sulfide) groups is 1. The van der Waals surface area contributed by atoms with E-state index < -0.39 is 0 Å². The number of hydrogen-bond acceptors (Lipinski definition) is 3. The van der Waals surface area contributed by atoms with E-state index in [1.165, 1.54) is 11.8 Å². The van der Waals surface area contributed by atoms with E-state index in [0.717, 1.165) is 21.5 Å². The van der Waals surface area contributed by atoms with Crippen molar-refractivity contribution in [3.05, 3.63) is 51.1 Å². The van der Waals surface area contributed by atoms with Gasteiger partial charge in [-0.3, -0.25) is 9.59 Å². The number of carbonyl (C=O) groups excluding carboxylic acids is 1. The van der Waals surface area contributed by atoms with E-state index in [-0.39, 0.29) is 21.2 Å². The van der Waals surface area contributed by atoms with Gasteiger partial charge < -0.3 is 4.57 Å². The predicted octanol–water partition coefficient (Wildman–Crippen LogP) is 5.79. The lowest BCUT2D eigenvalue weighted by Gasteiger charge is -2.22. The molecule has 0 radical (unpaired) electrons. The molecule has 2 aromatic carbocycles. The number of carbonyl (C=O) groups is 1. The minimum atomic E-state index is -0.0605. The summed E-state index contributed by atoms with van der Waals surface area (Å²) in [6, 6.07) is 9.41. The highest BCUT2D eigenvalue weighted by atomic mass is 127. The van der Waals surface area contributed by atoms with Crippen LogP contribution in [0.1, 0.15) is 26.3 Å². The highest BCUT2D eigenvalue weighted by molar-refractivity contribution is 14.1. The molecule has 26 heavy (non-hydrogen) atoms. The van der Waals surface area contributed by atoms with Gasteiger partial charge in [0.25, 0.3) is 0 Å². The number of nitrogens with zero attached hydrogens (tertiary/aromatic N) is 1. The van der Waals surface area contributed by atoms with Gasteiger partial charge in [0.15, 0.2) is 5.43 Å². The van der Waals surface area contributed by atoms with E-state index in [1.54, 1.807) is 34.7 Å². The summed E-state index contributed by atoms with van der Waals surface area (Å²) < 4.78 is 1.94. The molecule has 3 nitrogen and oxygen atoms in total. The lowest BCUT2D eigenvalue weighted by atomic mass is 9.86. The van der Waals surface area contributed by atoms with Crippen LogP contribution in [0, 0.1) is 0 Å². The normalized spacial score (nSPS) is 12.1. The van der Waals surface area contributed by atoms with Crippen LogP contribution in [0.5, 0.6) is 0 Å². The second-order valence-electron chi connectivity index (χ2n) is 7.23. The summed E-state index contributed by atoms with van der Waals surface area (Å²) >= 11 is 9.68. The molecule has 6 heteroatoms. The van der Waals surface area contributed by atoms with Crippen LogP contribution in [-0.2, 0) is 16.8 Å². The Morgan fingerprint density at radius 2 is 1.85 bits per heavy atom. The van der Waals surface area contributed by atoms with Crippen LogP contribution in [0.25, 0.3) is 21.8 Å². The Balaban J connectivity index is 2.59. The van der Waals surface area contributed by atoms with Crippen LogP contribution in [0.3, 0.4) is 0 Å². The maximum absolute atomic E-state index is 13.1. The second kappa shape index (κ2) is 7.17. The number of pyridine rings is 1. The first-order valence-electron chi connectivity index (χ1n) is 8.16. The molecule has 0 saturated carbocycles. The Labute approximate surface area is 175 Å². The SMILES string of the molecule is CSc1c(Cl)ccc2c(=O)c3ccc(C(C)(C)C)cc3n(CC(=O)I)c12. The zero-order valence-corrected chi connectivity index (χ0v) is 18.8. The van der Waals surface area contributed by atoms with Crippen molar-refractivity contribution in [3.8, 4) is 0 Å². The maximum atomic E-state index is 13.1. The van der Waals surface area contributed by atoms with Crippen LogP contribution in [-0.4, -0.2) is 14.6 Å². The third kappa shape index (κ3) is 3.41. The Hall–Kier alpha value is -1.05. The summed E-state index contributed by atoms with van der Waals surface area (Å²) in [4.78, 5) is 25.9. The van der Waals surface area contributed by atoms with Crippen molar-refractivity contribution < 1.29 is 4.79 Å². The Bertz CT molecular complexity index is 1100. The van der Waals surface area contributed by atoms with Gasteiger partial charge >= 0.3 is 0 Å². The topological polar surface area (TPSA) is 39.1 Å². The Morgan fingerprint density at radius 1 is 1.19 bits per heavy atom. The number of fused-ring (bicyclic) bond motifs is 2. The fraction of sp³-hybridized carbons (Fsp3) is 0.300. The number of hydrogen-bond donors (Lipinski definition) is 0. The fourth-order valence-corrected chi connectivity index (χ4v) is 4.56. The first-order valence-corrected chi connectivity index (χ1v) is 10.8. The largest absolute Gasteiger partial charge is 0.331 e. The third-order valence-electron chi connectivity index (χ3n) is 4.48. The van der Waals surface area contributed by atoms with Crippen LogP contribution < -0.4 is 5.43 Å². The smallest absolute Gasteiger partial charge is 0.211 e. The molecule has 1 heterocycles. The van der Waals surface area contributed by atoms with Crippen LogP contribution in [0.2, 0.25) is 5.02 Å². The second-order valence-corrected chi connectivity index (χ2v) is 9.66. The summed E-state index contributed by atoms with van der Waals surface area (Å²) in [6.07, 6.45) is 1.93. The number of benzene rings is 2. The van der Waals surface area contributed by atoms with Gasteiger partial charge in [-0.1, -0.05) is 38.4 Å². The molecule has 3 aromatic rings. The summed E-state index contributed by atoms with van der Waals surface area (Å²) in [7, 11) is 0. The Kier molecular flexibility index (Phi) is 5.43. The summed E-state index contributed by atoms with van der Waals surface area (Å²) in [5, 5.41) is 1.80. The quantitative estimate of drug-likeness (QED) is 0.198. The molecule has 0 fully saturated rings. The van der Waals surface area contributed by atoms with Gasteiger partial charge in [0.05, 0.1) is 27.5 Å². The molecular weight excluding hydrogens is 481 g/mol. The maximum Gasteiger partial charge on any atom is 0.211 e. The highest BCUT2D eigenvalue weighted by Gasteiger charge is 2.20. The van der Waals surface area contributed by atoms with Gasteiger partial charge in [-0.05, 0) is 41.5 Å². The molecule has 1 aromatic heterocycles. The van der Waals surface area contributed by atoms with Crippen LogP contribution in [0.15, 0.2) is 40.0 Å². The van der Waals surface area contributed by atoms with Crippen LogP contribution >= 0.6 is 46.0 Å². The molecule has 0 aliphatic rings. The average molecular weight is 500 g/mol. The van der Waals surface area contributed by atoms with Crippen molar-refractivity contribution in [1.29, 1.82) is 0 Å². The third-order valence-corrected chi connectivity index (χ3v) is 6.07. The van der Waals surface area contributed by atoms with Gasteiger partial charge in [0, 0.05) is 33.4 Å². The summed E-state index contributed by atoms with van der Waals surface area (Å²) in [5.41, 5.74) is 2.54. The van der Waals surface area contributed by atoms with E-state index >= 15 is 0 Å². The summed E-state index contributed by atoms with van der Waals surface area (Å²) in [6.45, 7) is 6.58. The van der Waals surface area contributed by atoms with Crippen molar-refractivity contribution in [1.82, 2.24) is 4.57 Å². The van der Waals surface area contributed by atoms with E-state index in [0.29, 0.717) is 15.8 Å². The molecule has 0 spiro atoms. The highest BCUT2D eigenvalue weighted by Crippen LogP contribution is 2.35. The van der Waals surface area contributed by atoms with Crippen molar-refractivity contribution in [2.24, 2.45) is 0 Å². The lowest BCUT2D eigenvalue weighted by Crippen LogP contribution is -2.17. The summed E-state index contributed by atoms with van der Waals surface area (Å²) in [5.74, 6) is 0. The molecule has 0 N–H and O–H groups in total. The molecule has 3 rings (SSSR count). The fourth-order valence-electron chi connectivity index (χ4n) is 3.16. The van der Waals surface area contributed by atoms with E-state index in [9.17, 15) is 9.59 Å². The van der Waals surface area contributed by atoms with Gasteiger partial charge in [-0.25, -0.2) is 0 Å². The van der Waals surface area contributed by atoms with E-state index in [2.05, 4.69) is 20.8 Å². The molecule has 0 atom stereocenters. The zero-order chi connectivity index (χ0) is 19.2. The van der Waals surface area contributed by atoms with Gasteiger partial charge in [-0.2, -0.15) is 0 Å². The molecule has 0 bridgehead atoms. The van der Waals surface area contributed by atoms with Crippen LogP contribution in [0.4, 0.5) is 0 Å². The van der Waals surface area contributed by atoms with Crippen molar-refractivity contribution in [2.45, 2.75) is 37.6 Å². The minimum Gasteiger partial charge on any atom is -0.331 e. The van der Waals surface area contributed by atoms with Gasteiger partial charge in [0.1, 0.15) is 0 Å². The predicted molar refractivity (Wildman–Crippen MR) is 120 cm³/mol. The molecule has 0 amide bonds. The molecule has 0 unspecified atom stereocenters. The monoisotopic (exact) mass is 499 g/mol. The lowest BCUT2D eigenvalue weighted by molar-refractivity contribution is -0.109. The molecule has 136 valence electrons. The molecule has 0 saturated heterocycles. The Morgan fingerprint density at radius 3 is 2.42 bits per heavy atom. The van der Waals surface area contributed by atoms with E-state index in [4.69, 9.17) is 11.6 Å². The minimum absolute atomic E-state index is 0.00189. The van der Waals surface area contributed by atoms with Gasteiger partial charge in [-0.15, -0.1) is 11.8 Å². The molecule has 0 aliphatic carbocycles. The standard InChI is InChI=1S/C20H19ClINO2S/c1-20(2,3)11-5-6-12-15(9-11)23(10-16(22)24)17-13(18(12)25)7-8-14(21)19(17)26-4/h5-9H,10H2,1-4H3. The number of aromatic nitrogens is 1. The number of rotatable bonds is 3. The molecule has 0 aliphatic heterocycles. The first kappa shape index (κ1) is 19.7. The average Bonchev–Trinajstić information content (AvgIpc) is 2.56. The van der Waals surface area contributed by atoms with Gasteiger partial charge in [0.2, 0.25) is 3.79 Å². The molecular formula is C20H19ClINO2S. The first-order chi connectivity index (χ1) is 12.1. The van der Waals surface area contributed by atoms with Crippen molar-refractivity contribution in [2.75, 3.05) is 6.26 Å². The zero-order valence-electron chi connectivity index (χ0n) is 15.0. The van der Waals surface area contributed by atoms with Crippen molar-refractivity contribution in [3.63, 3.8) is 0 Å². The van der Waals surface area contributed by atoms with Crippen molar-refractivity contribution >= 4 is 71.5 Å². The number of halogens is 2.